The van der Waals surface area contributed by atoms with E-state index in [2.05, 4.69) is 0 Å². The molecule has 0 aromatic heterocycles. The first-order chi connectivity index (χ1) is 9.61. The Hall–Kier alpha value is -2.75. The Bertz CT molecular complexity index is 674. The maximum atomic E-state index is 12.0. The number of esters is 1. The molecule has 0 radical (unpaired) electrons. The summed E-state index contributed by atoms with van der Waals surface area (Å²) < 4.78 is 5.21. The third kappa shape index (κ3) is 2.98. The minimum Gasteiger partial charge on any atom is -0.423 e. The number of rotatable bonds is 4. The average molecular weight is 268 g/mol. The predicted molar refractivity (Wildman–Crippen MR) is 73.0 cm³/mol. The van der Waals surface area contributed by atoms with Crippen LogP contribution >= 0.6 is 0 Å². The third-order valence-corrected chi connectivity index (χ3v) is 2.80. The van der Waals surface area contributed by atoms with Gasteiger partial charge in [-0.25, -0.2) is 4.79 Å². The molecule has 0 aliphatic heterocycles. The molecule has 4 heteroatoms. The van der Waals surface area contributed by atoms with Gasteiger partial charge in [0.25, 0.3) is 0 Å². The molecule has 0 spiro atoms. The Balaban J connectivity index is 2.22. The number of ether oxygens (including phenoxy) is 1. The molecule has 0 saturated heterocycles. The smallest absolute Gasteiger partial charge is 0.343 e. The van der Waals surface area contributed by atoms with Gasteiger partial charge in [-0.1, -0.05) is 30.3 Å². The second kappa shape index (κ2) is 5.93. The molecule has 0 aliphatic carbocycles. The maximum Gasteiger partial charge on any atom is 0.343 e. The molecule has 0 aliphatic rings. The normalized spacial score (nSPS) is 9.85. The van der Waals surface area contributed by atoms with Crippen molar-refractivity contribution >= 4 is 18.0 Å². The molecule has 0 saturated carbocycles. The Morgan fingerprint density at radius 2 is 1.80 bits per heavy atom. The molecular formula is C16H12O4. The first-order valence-electron chi connectivity index (χ1n) is 5.99. The fourth-order valence-corrected chi connectivity index (χ4v) is 1.74. The van der Waals surface area contributed by atoms with Crippen molar-refractivity contribution in [2.75, 3.05) is 0 Å². The average Bonchev–Trinajstić information content (AvgIpc) is 2.47. The van der Waals surface area contributed by atoms with Gasteiger partial charge in [-0.3, -0.25) is 9.59 Å². The Morgan fingerprint density at radius 3 is 2.50 bits per heavy atom. The van der Waals surface area contributed by atoms with Gasteiger partial charge < -0.3 is 4.74 Å². The van der Waals surface area contributed by atoms with Crippen molar-refractivity contribution in [3.8, 4) is 5.75 Å². The minimum atomic E-state index is -0.654. The highest BCUT2D eigenvalue weighted by Gasteiger charge is 2.12. The zero-order chi connectivity index (χ0) is 14.5. The molecule has 0 amide bonds. The maximum absolute atomic E-state index is 12.0. The summed E-state index contributed by atoms with van der Waals surface area (Å²) in [5.41, 5.74) is 1.45. The van der Waals surface area contributed by atoms with Crippen molar-refractivity contribution in [2.24, 2.45) is 0 Å². The van der Waals surface area contributed by atoms with Crippen molar-refractivity contribution in [2.45, 2.75) is 6.92 Å². The number of aryl methyl sites for hydroxylation is 1. The van der Waals surface area contributed by atoms with Gasteiger partial charge in [-0.15, -0.1) is 0 Å². The summed E-state index contributed by atoms with van der Waals surface area (Å²) in [6.07, 6.45) is 0.224. The summed E-state index contributed by atoms with van der Waals surface area (Å²) in [6.45, 7) is 1.81. The van der Waals surface area contributed by atoms with Crippen LogP contribution in [0, 0.1) is 6.92 Å². The predicted octanol–water partition coefficient (Wildman–Crippen LogP) is 2.60. The number of hydrogen-bond acceptors (Lipinski definition) is 4. The van der Waals surface area contributed by atoms with Crippen LogP contribution in [0.4, 0.5) is 0 Å². The number of aldehydes is 1. The minimum absolute atomic E-state index is 0.190. The largest absolute Gasteiger partial charge is 0.423 e. The highest BCUT2D eigenvalue weighted by atomic mass is 16.5. The van der Waals surface area contributed by atoms with Crippen LogP contribution in [0.1, 0.15) is 26.3 Å². The molecule has 0 bridgehead atoms. The Kier molecular flexibility index (Phi) is 4.05. The summed E-state index contributed by atoms with van der Waals surface area (Å²) in [6, 6.07) is 13.0. The Morgan fingerprint density at radius 1 is 1.05 bits per heavy atom. The zero-order valence-corrected chi connectivity index (χ0v) is 10.8. The van der Waals surface area contributed by atoms with Crippen molar-refractivity contribution in [3.05, 3.63) is 65.2 Å². The van der Waals surface area contributed by atoms with Crippen LogP contribution in [-0.2, 0) is 4.79 Å². The van der Waals surface area contributed by atoms with Crippen LogP contribution in [0.3, 0.4) is 0 Å². The number of benzene rings is 2. The van der Waals surface area contributed by atoms with E-state index in [0.717, 1.165) is 5.56 Å². The third-order valence-electron chi connectivity index (χ3n) is 2.80. The van der Waals surface area contributed by atoms with Crippen LogP contribution in [0.5, 0.6) is 5.75 Å². The highest BCUT2D eigenvalue weighted by Crippen LogP contribution is 2.16. The molecule has 4 nitrogen and oxygen atoms in total. The van der Waals surface area contributed by atoms with Crippen molar-refractivity contribution < 1.29 is 19.1 Å². The fourth-order valence-electron chi connectivity index (χ4n) is 1.74. The first-order valence-corrected chi connectivity index (χ1v) is 5.99. The summed E-state index contributed by atoms with van der Waals surface area (Å²) >= 11 is 0. The SMILES string of the molecule is Cc1ccccc1C(=O)Oc1cccc(C(=O)C=O)c1. The number of Topliss-reactive ketones (excluding diaryl/α,β-unsaturated/α-hetero) is 1. The van der Waals surface area contributed by atoms with E-state index in [1.165, 1.54) is 12.1 Å². The summed E-state index contributed by atoms with van der Waals surface area (Å²) in [4.78, 5) is 33.7. The van der Waals surface area contributed by atoms with Gasteiger partial charge in [-0.05, 0) is 30.7 Å². The Labute approximate surface area is 116 Å². The fraction of sp³-hybridized carbons (Fsp3) is 0.0625. The van der Waals surface area contributed by atoms with E-state index >= 15 is 0 Å². The quantitative estimate of drug-likeness (QED) is 0.281. The molecule has 0 fully saturated rings. The van der Waals surface area contributed by atoms with Crippen molar-refractivity contribution in [1.29, 1.82) is 0 Å². The standard InChI is InChI=1S/C16H12O4/c1-11-5-2-3-8-14(11)16(19)20-13-7-4-6-12(9-13)15(18)10-17/h2-10H,1H3. The lowest BCUT2D eigenvalue weighted by Crippen LogP contribution is -2.10. The molecule has 2 aromatic carbocycles. The van der Waals surface area contributed by atoms with Gasteiger partial charge in [0.2, 0.25) is 5.78 Å². The highest BCUT2D eigenvalue weighted by molar-refractivity contribution is 6.33. The van der Waals surface area contributed by atoms with Crippen LogP contribution in [0.15, 0.2) is 48.5 Å². The van der Waals surface area contributed by atoms with Crippen LogP contribution < -0.4 is 4.74 Å². The number of ketones is 1. The van der Waals surface area contributed by atoms with Gasteiger partial charge in [0, 0.05) is 5.56 Å². The molecule has 0 atom stereocenters. The van der Waals surface area contributed by atoms with E-state index in [-0.39, 0.29) is 17.6 Å². The van der Waals surface area contributed by atoms with Gasteiger partial charge in [0.1, 0.15) is 5.75 Å². The zero-order valence-electron chi connectivity index (χ0n) is 10.8. The molecular weight excluding hydrogens is 256 g/mol. The molecule has 0 unspecified atom stereocenters. The number of carbonyl (C=O) groups is 3. The second-order valence-electron chi connectivity index (χ2n) is 4.21. The van der Waals surface area contributed by atoms with Crippen LogP contribution in [0.2, 0.25) is 0 Å². The van der Waals surface area contributed by atoms with E-state index in [4.69, 9.17) is 4.74 Å². The molecule has 0 N–H and O–H groups in total. The van der Waals surface area contributed by atoms with Crippen LogP contribution in [-0.4, -0.2) is 18.0 Å². The molecule has 0 heterocycles. The van der Waals surface area contributed by atoms with Crippen molar-refractivity contribution in [1.82, 2.24) is 0 Å². The summed E-state index contributed by atoms with van der Waals surface area (Å²) in [5, 5.41) is 0. The van der Waals surface area contributed by atoms with Crippen LogP contribution in [0.25, 0.3) is 0 Å². The second-order valence-corrected chi connectivity index (χ2v) is 4.21. The summed E-state index contributed by atoms with van der Waals surface area (Å²) in [5.74, 6) is -0.927. The lowest BCUT2D eigenvalue weighted by atomic mass is 10.1. The van der Waals surface area contributed by atoms with Gasteiger partial charge >= 0.3 is 5.97 Å². The van der Waals surface area contributed by atoms with Gasteiger partial charge in [-0.2, -0.15) is 0 Å². The van der Waals surface area contributed by atoms with E-state index < -0.39 is 11.8 Å². The molecule has 2 aromatic rings. The molecule has 20 heavy (non-hydrogen) atoms. The van der Waals surface area contributed by atoms with E-state index in [9.17, 15) is 14.4 Å². The first kappa shape index (κ1) is 13.7. The van der Waals surface area contributed by atoms with Crippen molar-refractivity contribution in [3.63, 3.8) is 0 Å². The van der Waals surface area contributed by atoms with Gasteiger partial charge in [0.15, 0.2) is 6.29 Å². The lowest BCUT2D eigenvalue weighted by molar-refractivity contribution is -0.104. The number of hydrogen-bond donors (Lipinski definition) is 0. The topological polar surface area (TPSA) is 60.4 Å². The molecule has 100 valence electrons. The lowest BCUT2D eigenvalue weighted by Gasteiger charge is -2.07. The van der Waals surface area contributed by atoms with Gasteiger partial charge in [0.05, 0.1) is 5.56 Å². The van der Waals surface area contributed by atoms with E-state index in [1.54, 1.807) is 24.3 Å². The molecule has 2 rings (SSSR count). The van der Waals surface area contributed by atoms with E-state index in [0.29, 0.717) is 5.56 Å². The summed E-state index contributed by atoms with van der Waals surface area (Å²) in [7, 11) is 0. The number of carbonyl (C=O) groups excluding carboxylic acids is 3. The van der Waals surface area contributed by atoms with E-state index in [1.807, 2.05) is 19.1 Å². The monoisotopic (exact) mass is 268 g/mol.